The van der Waals surface area contributed by atoms with Crippen LogP contribution in [-0.2, 0) is 0 Å². The first-order chi connectivity index (χ1) is 11.5. The minimum absolute atomic E-state index is 0.00302. The predicted molar refractivity (Wildman–Crippen MR) is 88.1 cm³/mol. The van der Waals surface area contributed by atoms with E-state index in [-0.39, 0.29) is 10.9 Å². The van der Waals surface area contributed by atoms with Gasteiger partial charge in [-0.3, -0.25) is 9.78 Å². The summed E-state index contributed by atoms with van der Waals surface area (Å²) >= 11 is 5.74. The largest absolute Gasteiger partial charge is 0.360 e. The SMILES string of the molecule is Cc1cc(NC(=O)c2cncc(Nc3ccc(F)c(Cl)c3)c2)no1. The highest BCUT2D eigenvalue weighted by molar-refractivity contribution is 6.31. The maximum atomic E-state index is 13.2. The number of hydrogen-bond donors (Lipinski definition) is 2. The van der Waals surface area contributed by atoms with Gasteiger partial charge in [0.2, 0.25) is 0 Å². The van der Waals surface area contributed by atoms with Gasteiger partial charge in [0.15, 0.2) is 5.82 Å². The molecule has 8 heteroatoms. The van der Waals surface area contributed by atoms with Gasteiger partial charge in [-0.2, -0.15) is 0 Å². The molecule has 122 valence electrons. The molecule has 6 nitrogen and oxygen atoms in total. The Morgan fingerprint density at radius 3 is 2.75 bits per heavy atom. The Morgan fingerprint density at radius 2 is 2.04 bits per heavy atom. The van der Waals surface area contributed by atoms with Crippen molar-refractivity contribution in [3.05, 3.63) is 64.9 Å². The smallest absolute Gasteiger partial charge is 0.258 e. The molecule has 0 aliphatic heterocycles. The Balaban J connectivity index is 1.75. The third kappa shape index (κ3) is 3.69. The second-order valence-electron chi connectivity index (χ2n) is 4.99. The third-order valence-corrected chi connectivity index (χ3v) is 3.37. The summed E-state index contributed by atoms with van der Waals surface area (Å²) in [4.78, 5) is 16.2. The number of carbonyl (C=O) groups excluding carboxylic acids is 1. The van der Waals surface area contributed by atoms with Crippen LogP contribution in [0.1, 0.15) is 16.1 Å². The lowest BCUT2D eigenvalue weighted by atomic mass is 10.2. The monoisotopic (exact) mass is 346 g/mol. The molecule has 0 saturated heterocycles. The Hall–Kier alpha value is -2.93. The first kappa shape index (κ1) is 15.9. The average Bonchev–Trinajstić information content (AvgIpc) is 2.96. The summed E-state index contributed by atoms with van der Waals surface area (Å²) in [5.74, 6) is 0.0289. The van der Waals surface area contributed by atoms with Gasteiger partial charge < -0.3 is 15.2 Å². The van der Waals surface area contributed by atoms with Gasteiger partial charge in [-0.1, -0.05) is 16.8 Å². The summed E-state index contributed by atoms with van der Waals surface area (Å²) < 4.78 is 18.1. The van der Waals surface area contributed by atoms with E-state index in [1.165, 1.54) is 30.6 Å². The number of benzene rings is 1. The number of carbonyl (C=O) groups is 1. The van der Waals surface area contributed by atoms with Crippen LogP contribution in [0.15, 0.2) is 47.2 Å². The molecule has 0 radical (unpaired) electrons. The Morgan fingerprint density at radius 1 is 1.21 bits per heavy atom. The summed E-state index contributed by atoms with van der Waals surface area (Å²) in [6.45, 7) is 1.72. The lowest BCUT2D eigenvalue weighted by Crippen LogP contribution is -2.12. The molecule has 3 rings (SSSR count). The molecule has 2 N–H and O–H groups in total. The van der Waals surface area contributed by atoms with Gasteiger partial charge in [-0.25, -0.2) is 4.39 Å². The normalized spacial score (nSPS) is 10.5. The highest BCUT2D eigenvalue weighted by Gasteiger charge is 2.10. The highest BCUT2D eigenvalue weighted by Crippen LogP contribution is 2.23. The number of pyridine rings is 1. The van der Waals surface area contributed by atoms with E-state index >= 15 is 0 Å². The van der Waals surface area contributed by atoms with E-state index in [1.54, 1.807) is 19.1 Å². The first-order valence-corrected chi connectivity index (χ1v) is 7.31. The number of aromatic nitrogens is 2. The predicted octanol–water partition coefficient (Wildman–Crippen LogP) is 4.17. The molecule has 24 heavy (non-hydrogen) atoms. The molecule has 0 unspecified atom stereocenters. The number of anilines is 3. The van der Waals surface area contributed by atoms with Crippen molar-refractivity contribution < 1.29 is 13.7 Å². The number of halogens is 2. The van der Waals surface area contributed by atoms with E-state index in [0.717, 1.165) is 0 Å². The van der Waals surface area contributed by atoms with Crippen LogP contribution in [0.5, 0.6) is 0 Å². The van der Waals surface area contributed by atoms with Crippen molar-refractivity contribution in [1.82, 2.24) is 10.1 Å². The minimum Gasteiger partial charge on any atom is -0.360 e. The number of nitrogens with zero attached hydrogens (tertiary/aromatic N) is 2. The summed E-state index contributed by atoms with van der Waals surface area (Å²) in [5, 5.41) is 9.31. The van der Waals surface area contributed by atoms with Gasteiger partial charge in [0.25, 0.3) is 5.91 Å². The summed E-state index contributed by atoms with van der Waals surface area (Å²) in [7, 11) is 0. The van der Waals surface area contributed by atoms with E-state index in [9.17, 15) is 9.18 Å². The van der Waals surface area contributed by atoms with Crippen LogP contribution in [0.25, 0.3) is 0 Å². The van der Waals surface area contributed by atoms with E-state index in [2.05, 4.69) is 20.8 Å². The molecule has 0 bridgehead atoms. The van der Waals surface area contributed by atoms with Crippen molar-refractivity contribution in [1.29, 1.82) is 0 Å². The molecule has 0 fully saturated rings. The van der Waals surface area contributed by atoms with Crippen molar-refractivity contribution in [2.24, 2.45) is 0 Å². The van der Waals surface area contributed by atoms with Crippen LogP contribution in [0.4, 0.5) is 21.6 Å². The first-order valence-electron chi connectivity index (χ1n) is 6.93. The molecule has 2 heterocycles. The maximum Gasteiger partial charge on any atom is 0.258 e. The van der Waals surface area contributed by atoms with Crippen molar-refractivity contribution in [3.63, 3.8) is 0 Å². The fourth-order valence-electron chi connectivity index (χ4n) is 1.99. The van der Waals surface area contributed by atoms with E-state index in [4.69, 9.17) is 16.1 Å². The standard InChI is InChI=1S/C16H12ClFN4O2/c1-9-4-15(22-24-9)21-16(23)10-5-12(8-19-7-10)20-11-2-3-14(18)13(17)6-11/h2-8,20H,1H3,(H,21,22,23). The molecular formula is C16H12ClFN4O2. The van der Waals surface area contributed by atoms with Crippen LogP contribution >= 0.6 is 11.6 Å². The topological polar surface area (TPSA) is 80.0 Å². The number of rotatable bonds is 4. The van der Waals surface area contributed by atoms with Crippen molar-refractivity contribution >= 4 is 34.7 Å². The van der Waals surface area contributed by atoms with Crippen molar-refractivity contribution in [3.8, 4) is 0 Å². The average molecular weight is 347 g/mol. The molecule has 0 atom stereocenters. The van der Waals surface area contributed by atoms with Crippen LogP contribution in [0.2, 0.25) is 5.02 Å². The quantitative estimate of drug-likeness (QED) is 0.741. The molecule has 0 spiro atoms. The summed E-state index contributed by atoms with van der Waals surface area (Å²) in [5.41, 5.74) is 1.46. The second kappa shape index (κ2) is 6.67. The Labute approximate surface area is 141 Å². The molecule has 2 aromatic heterocycles. The van der Waals surface area contributed by atoms with Gasteiger partial charge in [-0.05, 0) is 31.2 Å². The molecule has 3 aromatic rings. The zero-order chi connectivity index (χ0) is 17.1. The van der Waals surface area contributed by atoms with E-state index < -0.39 is 5.82 Å². The zero-order valence-corrected chi connectivity index (χ0v) is 13.3. The minimum atomic E-state index is -0.503. The van der Waals surface area contributed by atoms with Crippen molar-refractivity contribution in [2.45, 2.75) is 6.92 Å². The van der Waals surface area contributed by atoms with Crippen LogP contribution < -0.4 is 10.6 Å². The number of hydrogen-bond acceptors (Lipinski definition) is 5. The third-order valence-electron chi connectivity index (χ3n) is 3.08. The fraction of sp³-hybridized carbons (Fsp3) is 0.0625. The molecule has 1 amide bonds. The molecule has 0 aliphatic carbocycles. The Kier molecular flexibility index (Phi) is 4.43. The second-order valence-corrected chi connectivity index (χ2v) is 5.40. The molecular weight excluding hydrogens is 335 g/mol. The van der Waals surface area contributed by atoms with Crippen LogP contribution in [0, 0.1) is 12.7 Å². The maximum absolute atomic E-state index is 13.2. The van der Waals surface area contributed by atoms with Gasteiger partial charge in [0.1, 0.15) is 11.6 Å². The van der Waals surface area contributed by atoms with Crippen LogP contribution in [0.3, 0.4) is 0 Å². The number of aryl methyl sites for hydroxylation is 1. The zero-order valence-electron chi connectivity index (χ0n) is 12.5. The molecule has 1 aromatic carbocycles. The lowest BCUT2D eigenvalue weighted by Gasteiger charge is -2.08. The van der Waals surface area contributed by atoms with Crippen molar-refractivity contribution in [2.75, 3.05) is 10.6 Å². The lowest BCUT2D eigenvalue weighted by molar-refractivity contribution is 0.102. The van der Waals surface area contributed by atoms with Gasteiger partial charge in [0, 0.05) is 18.0 Å². The van der Waals surface area contributed by atoms with E-state index in [1.807, 2.05) is 0 Å². The molecule has 0 saturated carbocycles. The van der Waals surface area contributed by atoms with Crippen LogP contribution in [-0.4, -0.2) is 16.0 Å². The summed E-state index contributed by atoms with van der Waals surface area (Å²) in [6.07, 6.45) is 2.96. The van der Waals surface area contributed by atoms with Gasteiger partial charge in [0.05, 0.1) is 22.5 Å². The number of amides is 1. The van der Waals surface area contributed by atoms with E-state index in [0.29, 0.717) is 28.5 Å². The van der Waals surface area contributed by atoms with Gasteiger partial charge in [-0.15, -0.1) is 0 Å². The Bertz CT molecular complexity index is 897. The molecule has 0 aliphatic rings. The fourth-order valence-corrected chi connectivity index (χ4v) is 2.17. The van der Waals surface area contributed by atoms with Gasteiger partial charge >= 0.3 is 0 Å². The summed E-state index contributed by atoms with van der Waals surface area (Å²) in [6, 6.07) is 7.44. The highest BCUT2D eigenvalue weighted by atomic mass is 35.5. The number of nitrogens with one attached hydrogen (secondary N) is 2.